The number of primary amides is 1. The molecule has 1 aromatic rings. The number of sulfonamides is 1. The van der Waals surface area contributed by atoms with Gasteiger partial charge in [-0.25, -0.2) is 8.42 Å². The van der Waals surface area contributed by atoms with E-state index in [-0.39, 0.29) is 23.3 Å². The van der Waals surface area contributed by atoms with E-state index in [2.05, 4.69) is 0 Å². The second kappa shape index (κ2) is 6.83. The van der Waals surface area contributed by atoms with Gasteiger partial charge in [-0.3, -0.25) is 9.59 Å². The van der Waals surface area contributed by atoms with Gasteiger partial charge in [0, 0.05) is 6.42 Å². The molecule has 0 saturated carbocycles. The van der Waals surface area contributed by atoms with Crippen molar-refractivity contribution in [2.75, 3.05) is 0 Å². The molecule has 0 fully saturated rings. The second-order valence-electron chi connectivity index (χ2n) is 4.15. The van der Waals surface area contributed by atoms with E-state index in [4.69, 9.17) is 16.1 Å². The summed E-state index contributed by atoms with van der Waals surface area (Å²) in [5.41, 5.74) is 5.18. The van der Waals surface area contributed by atoms with Crippen molar-refractivity contribution in [1.29, 1.82) is 5.26 Å². The molecule has 8 nitrogen and oxygen atoms in total. The molecule has 0 heterocycles. The van der Waals surface area contributed by atoms with Crippen LogP contribution < -0.4 is 10.5 Å². The van der Waals surface area contributed by atoms with E-state index in [0.29, 0.717) is 0 Å². The Bertz CT molecular complexity index is 676. The lowest BCUT2D eigenvalue weighted by atomic mass is 10.2. The number of nitrogens with zero attached hydrogens (tertiary/aromatic N) is 1. The summed E-state index contributed by atoms with van der Waals surface area (Å²) < 4.78 is 26.0. The highest BCUT2D eigenvalue weighted by Gasteiger charge is 2.25. The zero-order valence-electron chi connectivity index (χ0n) is 10.8. The van der Waals surface area contributed by atoms with Crippen LogP contribution in [-0.2, 0) is 19.6 Å². The van der Waals surface area contributed by atoms with Gasteiger partial charge in [0.25, 0.3) is 0 Å². The molecule has 1 amide bonds. The smallest absolute Gasteiger partial charge is 0.321 e. The summed E-state index contributed by atoms with van der Waals surface area (Å²) in [5.74, 6) is -2.13. The van der Waals surface area contributed by atoms with Crippen LogP contribution >= 0.6 is 0 Å². The van der Waals surface area contributed by atoms with Crippen LogP contribution in [0.25, 0.3) is 0 Å². The van der Waals surface area contributed by atoms with Gasteiger partial charge in [-0.15, -0.1) is 0 Å². The second-order valence-corrected chi connectivity index (χ2v) is 5.87. The Morgan fingerprint density at radius 3 is 2.33 bits per heavy atom. The van der Waals surface area contributed by atoms with Crippen LogP contribution in [0.5, 0.6) is 0 Å². The maximum Gasteiger partial charge on any atom is 0.321 e. The number of hydrogen-bond acceptors (Lipinski definition) is 5. The van der Waals surface area contributed by atoms with E-state index in [1.165, 1.54) is 24.3 Å². The number of carbonyl (C=O) groups is 2. The summed E-state index contributed by atoms with van der Waals surface area (Å²) in [6.45, 7) is 0. The third-order valence-electron chi connectivity index (χ3n) is 2.57. The molecule has 1 rings (SSSR count). The predicted molar refractivity (Wildman–Crippen MR) is 71.3 cm³/mol. The standard InChI is InChI=1S/C12H13N3O5S/c13-7-8-1-3-9(4-2-8)21(19,20)15-10(12(17)18)5-6-11(14)16/h1-4,10,15H,5-6H2,(H2,14,16)(H,17,18). The van der Waals surface area contributed by atoms with Gasteiger partial charge in [-0.2, -0.15) is 9.98 Å². The van der Waals surface area contributed by atoms with Crippen LogP contribution in [0, 0.1) is 11.3 Å². The maximum absolute atomic E-state index is 12.0. The fraction of sp³-hybridized carbons (Fsp3) is 0.250. The van der Waals surface area contributed by atoms with E-state index in [1.807, 2.05) is 10.8 Å². The van der Waals surface area contributed by atoms with E-state index >= 15 is 0 Å². The van der Waals surface area contributed by atoms with Gasteiger partial charge in [0.2, 0.25) is 15.9 Å². The molecule has 0 aliphatic carbocycles. The topological polar surface area (TPSA) is 150 Å². The molecule has 0 aromatic heterocycles. The quantitative estimate of drug-likeness (QED) is 0.620. The Morgan fingerprint density at radius 2 is 1.90 bits per heavy atom. The van der Waals surface area contributed by atoms with E-state index in [0.717, 1.165) is 0 Å². The van der Waals surface area contributed by atoms with Crippen molar-refractivity contribution in [2.45, 2.75) is 23.8 Å². The third kappa shape index (κ3) is 4.87. The van der Waals surface area contributed by atoms with Crippen LogP contribution in [0.1, 0.15) is 18.4 Å². The predicted octanol–water partition coefficient (Wildman–Crippen LogP) is -0.445. The van der Waals surface area contributed by atoms with Crippen molar-refractivity contribution >= 4 is 21.9 Å². The number of nitrogens with one attached hydrogen (secondary N) is 1. The Kier molecular flexibility index (Phi) is 5.40. The van der Waals surface area contributed by atoms with Crippen LogP contribution in [0.15, 0.2) is 29.2 Å². The minimum Gasteiger partial charge on any atom is -0.480 e. The maximum atomic E-state index is 12.0. The molecule has 0 spiro atoms. The number of nitriles is 1. The number of amides is 1. The fourth-order valence-electron chi connectivity index (χ4n) is 1.48. The van der Waals surface area contributed by atoms with Crippen molar-refractivity contribution in [2.24, 2.45) is 5.73 Å². The molecule has 0 saturated heterocycles. The fourth-order valence-corrected chi connectivity index (χ4v) is 2.71. The summed E-state index contributed by atoms with van der Waals surface area (Å²) >= 11 is 0. The average Bonchev–Trinajstić information content (AvgIpc) is 2.43. The van der Waals surface area contributed by atoms with Crippen LogP contribution in [0.2, 0.25) is 0 Å². The number of hydrogen-bond donors (Lipinski definition) is 3. The van der Waals surface area contributed by atoms with Crippen LogP contribution in [0.4, 0.5) is 0 Å². The van der Waals surface area contributed by atoms with Crippen molar-refractivity contribution in [3.8, 4) is 6.07 Å². The first-order valence-electron chi connectivity index (χ1n) is 5.80. The number of carbonyl (C=O) groups excluding carboxylic acids is 1. The molecule has 112 valence electrons. The highest BCUT2D eigenvalue weighted by atomic mass is 32.2. The number of benzene rings is 1. The molecular weight excluding hydrogens is 298 g/mol. The molecule has 9 heteroatoms. The number of nitrogens with two attached hydrogens (primary N) is 1. The van der Waals surface area contributed by atoms with Gasteiger partial charge in [0.05, 0.1) is 16.5 Å². The van der Waals surface area contributed by atoms with E-state index in [1.54, 1.807) is 0 Å². The van der Waals surface area contributed by atoms with Crippen molar-refractivity contribution < 1.29 is 23.1 Å². The van der Waals surface area contributed by atoms with E-state index < -0.39 is 27.9 Å². The first-order chi connectivity index (χ1) is 9.76. The van der Waals surface area contributed by atoms with Crippen LogP contribution in [-0.4, -0.2) is 31.4 Å². The Morgan fingerprint density at radius 1 is 1.33 bits per heavy atom. The monoisotopic (exact) mass is 311 g/mol. The molecule has 0 aliphatic heterocycles. The molecule has 1 unspecified atom stereocenters. The number of carboxylic acid groups (broad SMARTS) is 1. The van der Waals surface area contributed by atoms with Gasteiger partial charge in [-0.05, 0) is 30.7 Å². The summed E-state index contributed by atoms with van der Waals surface area (Å²) in [6.07, 6.45) is -0.507. The SMILES string of the molecule is N#Cc1ccc(S(=O)(=O)NC(CCC(N)=O)C(=O)O)cc1. The summed E-state index contributed by atoms with van der Waals surface area (Å²) in [5, 5.41) is 17.6. The lowest BCUT2D eigenvalue weighted by Crippen LogP contribution is -2.41. The van der Waals surface area contributed by atoms with Crippen molar-refractivity contribution in [1.82, 2.24) is 4.72 Å². The van der Waals surface area contributed by atoms with Crippen molar-refractivity contribution in [3.63, 3.8) is 0 Å². The minimum atomic E-state index is -4.07. The lowest BCUT2D eigenvalue weighted by molar-refractivity contribution is -0.139. The first-order valence-corrected chi connectivity index (χ1v) is 7.28. The number of rotatable bonds is 7. The molecule has 0 bridgehead atoms. The Balaban J connectivity index is 2.92. The molecule has 0 aliphatic rings. The molecule has 0 radical (unpaired) electrons. The van der Waals surface area contributed by atoms with Crippen LogP contribution in [0.3, 0.4) is 0 Å². The summed E-state index contributed by atoms with van der Waals surface area (Å²) in [6, 6.07) is 5.35. The van der Waals surface area contributed by atoms with Gasteiger partial charge >= 0.3 is 5.97 Å². The highest BCUT2D eigenvalue weighted by Crippen LogP contribution is 2.12. The third-order valence-corrected chi connectivity index (χ3v) is 4.06. The molecule has 1 atom stereocenters. The van der Waals surface area contributed by atoms with Gasteiger partial charge in [0.15, 0.2) is 0 Å². The van der Waals surface area contributed by atoms with Crippen molar-refractivity contribution in [3.05, 3.63) is 29.8 Å². The Hall–Kier alpha value is -2.44. The molecule has 1 aromatic carbocycles. The zero-order valence-corrected chi connectivity index (χ0v) is 11.6. The zero-order chi connectivity index (χ0) is 16.0. The van der Waals surface area contributed by atoms with Gasteiger partial charge < -0.3 is 10.8 Å². The van der Waals surface area contributed by atoms with E-state index in [9.17, 15) is 18.0 Å². The van der Waals surface area contributed by atoms with Gasteiger partial charge in [-0.1, -0.05) is 0 Å². The first kappa shape index (κ1) is 16.6. The number of carboxylic acids is 1. The molecule has 21 heavy (non-hydrogen) atoms. The summed E-state index contributed by atoms with van der Waals surface area (Å²) in [4.78, 5) is 21.5. The molecule has 4 N–H and O–H groups in total. The molecular formula is C12H13N3O5S. The van der Waals surface area contributed by atoms with Gasteiger partial charge in [0.1, 0.15) is 6.04 Å². The highest BCUT2D eigenvalue weighted by molar-refractivity contribution is 7.89. The Labute approximate surface area is 121 Å². The largest absolute Gasteiger partial charge is 0.480 e. The lowest BCUT2D eigenvalue weighted by Gasteiger charge is -2.14. The average molecular weight is 311 g/mol. The normalized spacial score (nSPS) is 12.3. The summed E-state index contributed by atoms with van der Waals surface area (Å²) in [7, 11) is -4.07. The number of aliphatic carboxylic acids is 1. The minimum absolute atomic E-state index is 0.174.